The first-order valence-electron chi connectivity index (χ1n) is 7.80. The van der Waals surface area contributed by atoms with Crippen LogP contribution in [0.5, 0.6) is 0 Å². The Kier molecular flexibility index (Phi) is 4.88. The van der Waals surface area contributed by atoms with E-state index < -0.39 is 11.7 Å². The third kappa shape index (κ3) is 3.54. The molecule has 0 atom stereocenters. The Hall–Kier alpha value is -0.880. The second kappa shape index (κ2) is 6.71. The third-order valence-corrected chi connectivity index (χ3v) is 5.43. The van der Waals surface area contributed by atoms with Gasteiger partial charge in [-0.2, -0.15) is 24.9 Å². The topological polar surface area (TPSA) is 15.3 Å². The number of hydrogen-bond donors (Lipinski definition) is 1. The lowest BCUT2D eigenvalue weighted by Gasteiger charge is -2.34. The quantitative estimate of drug-likeness (QED) is 0.890. The zero-order valence-corrected chi connectivity index (χ0v) is 13.3. The average molecular weight is 330 g/mol. The Labute approximate surface area is 133 Å². The van der Waals surface area contributed by atoms with Crippen LogP contribution in [0.3, 0.4) is 0 Å². The minimum Gasteiger partial charge on any atom is -0.370 e. The number of thioether (sulfide) groups is 1. The minimum atomic E-state index is -4.27. The molecule has 2 heterocycles. The molecular weight excluding hydrogens is 309 g/mol. The second-order valence-corrected chi connectivity index (χ2v) is 7.12. The molecule has 0 aromatic heterocycles. The highest BCUT2D eigenvalue weighted by atomic mass is 32.2. The maximum atomic E-state index is 13.1. The number of rotatable bonds is 2. The van der Waals surface area contributed by atoms with E-state index in [2.05, 4.69) is 10.2 Å². The van der Waals surface area contributed by atoms with Gasteiger partial charge in [-0.25, -0.2) is 0 Å². The van der Waals surface area contributed by atoms with Crippen molar-refractivity contribution in [3.05, 3.63) is 29.3 Å². The Morgan fingerprint density at radius 2 is 1.77 bits per heavy atom. The number of halogens is 3. The van der Waals surface area contributed by atoms with Gasteiger partial charge in [-0.3, -0.25) is 0 Å². The Bertz CT molecular complexity index is 507. The summed E-state index contributed by atoms with van der Waals surface area (Å²) < 4.78 is 39.2. The van der Waals surface area contributed by atoms with Gasteiger partial charge in [-0.1, -0.05) is 6.07 Å². The van der Waals surface area contributed by atoms with Gasteiger partial charge in [-0.05, 0) is 49.5 Å². The fourth-order valence-corrected chi connectivity index (χ4v) is 4.18. The minimum absolute atomic E-state index is 0.369. The molecule has 3 rings (SSSR count). The summed E-state index contributed by atoms with van der Waals surface area (Å²) in [6.07, 6.45) is -2.27. The lowest BCUT2D eigenvalue weighted by atomic mass is 9.88. The smallest absolute Gasteiger partial charge is 0.370 e. The molecule has 1 N–H and O–H groups in total. The standard InChI is InChI=1S/C16H21F3N2S/c17-16(18,19)13-1-2-14(12-3-5-20-6-4-12)15(11-13)21-7-9-22-10-8-21/h1-2,11-12,20H,3-10H2. The van der Waals surface area contributed by atoms with E-state index in [1.165, 1.54) is 12.1 Å². The van der Waals surface area contributed by atoms with Crippen molar-refractivity contribution in [2.75, 3.05) is 42.6 Å². The van der Waals surface area contributed by atoms with Gasteiger partial charge < -0.3 is 10.2 Å². The fourth-order valence-electron chi connectivity index (χ4n) is 3.28. The van der Waals surface area contributed by atoms with Crippen molar-refractivity contribution in [1.82, 2.24) is 5.32 Å². The van der Waals surface area contributed by atoms with Crippen molar-refractivity contribution in [3.8, 4) is 0 Å². The molecule has 0 aliphatic carbocycles. The van der Waals surface area contributed by atoms with E-state index in [9.17, 15) is 13.2 Å². The van der Waals surface area contributed by atoms with E-state index in [4.69, 9.17) is 0 Å². The third-order valence-electron chi connectivity index (χ3n) is 4.49. The molecule has 122 valence electrons. The summed E-state index contributed by atoms with van der Waals surface area (Å²) in [5.41, 5.74) is 1.38. The Morgan fingerprint density at radius 3 is 2.41 bits per heavy atom. The van der Waals surface area contributed by atoms with Crippen molar-refractivity contribution in [2.45, 2.75) is 24.9 Å². The van der Waals surface area contributed by atoms with E-state index in [1.807, 2.05) is 11.8 Å². The van der Waals surface area contributed by atoms with E-state index in [0.29, 0.717) is 5.92 Å². The van der Waals surface area contributed by atoms with Crippen LogP contribution in [-0.4, -0.2) is 37.7 Å². The molecule has 1 aromatic carbocycles. The van der Waals surface area contributed by atoms with E-state index >= 15 is 0 Å². The largest absolute Gasteiger partial charge is 0.416 e. The molecule has 2 saturated heterocycles. The highest BCUT2D eigenvalue weighted by Gasteiger charge is 2.32. The summed E-state index contributed by atoms with van der Waals surface area (Å²) in [6, 6.07) is 4.34. The molecule has 6 heteroatoms. The molecular formula is C16H21F3N2S. The van der Waals surface area contributed by atoms with Crippen LogP contribution in [0, 0.1) is 0 Å². The summed E-state index contributed by atoms with van der Waals surface area (Å²) in [6.45, 7) is 3.57. The maximum Gasteiger partial charge on any atom is 0.416 e. The number of nitrogens with zero attached hydrogens (tertiary/aromatic N) is 1. The molecule has 2 aliphatic rings. The van der Waals surface area contributed by atoms with Gasteiger partial charge in [0.15, 0.2) is 0 Å². The molecule has 0 amide bonds. The molecule has 2 fully saturated rings. The first kappa shape index (κ1) is 16.0. The number of nitrogens with one attached hydrogen (secondary N) is 1. The zero-order chi connectivity index (χ0) is 15.6. The van der Waals surface area contributed by atoms with Gasteiger partial charge in [0, 0.05) is 30.3 Å². The van der Waals surface area contributed by atoms with Crippen LogP contribution in [0.4, 0.5) is 18.9 Å². The fraction of sp³-hybridized carbons (Fsp3) is 0.625. The Balaban J connectivity index is 1.96. The van der Waals surface area contributed by atoms with Gasteiger partial charge in [0.2, 0.25) is 0 Å². The molecule has 22 heavy (non-hydrogen) atoms. The number of alkyl halides is 3. The second-order valence-electron chi connectivity index (χ2n) is 5.90. The van der Waals surface area contributed by atoms with Gasteiger partial charge >= 0.3 is 6.18 Å². The normalized spacial score (nSPS) is 21.1. The summed E-state index contributed by atoms with van der Waals surface area (Å²) in [4.78, 5) is 2.14. The zero-order valence-electron chi connectivity index (χ0n) is 12.5. The van der Waals surface area contributed by atoms with E-state index in [0.717, 1.165) is 61.8 Å². The van der Waals surface area contributed by atoms with Crippen LogP contribution in [-0.2, 0) is 6.18 Å². The van der Waals surface area contributed by atoms with Gasteiger partial charge in [-0.15, -0.1) is 0 Å². The highest BCUT2D eigenvalue weighted by molar-refractivity contribution is 7.99. The molecule has 0 saturated carbocycles. The number of benzene rings is 1. The van der Waals surface area contributed by atoms with Crippen LogP contribution in [0.15, 0.2) is 18.2 Å². The number of anilines is 1. The monoisotopic (exact) mass is 330 g/mol. The van der Waals surface area contributed by atoms with Crippen molar-refractivity contribution in [1.29, 1.82) is 0 Å². The highest BCUT2D eigenvalue weighted by Crippen LogP contribution is 2.39. The lowest BCUT2D eigenvalue weighted by Crippen LogP contribution is -2.34. The van der Waals surface area contributed by atoms with Crippen LogP contribution < -0.4 is 10.2 Å². The summed E-state index contributed by atoms with van der Waals surface area (Å²) >= 11 is 1.87. The van der Waals surface area contributed by atoms with Crippen molar-refractivity contribution < 1.29 is 13.2 Å². The number of hydrogen-bond acceptors (Lipinski definition) is 3. The van der Waals surface area contributed by atoms with Crippen molar-refractivity contribution in [3.63, 3.8) is 0 Å². The maximum absolute atomic E-state index is 13.1. The van der Waals surface area contributed by atoms with E-state index in [-0.39, 0.29) is 0 Å². The van der Waals surface area contributed by atoms with Crippen LogP contribution in [0.1, 0.15) is 29.9 Å². The molecule has 1 aromatic rings. The predicted molar refractivity (Wildman–Crippen MR) is 85.8 cm³/mol. The number of piperidine rings is 1. The van der Waals surface area contributed by atoms with Gasteiger partial charge in [0.05, 0.1) is 5.56 Å². The van der Waals surface area contributed by atoms with Crippen molar-refractivity contribution in [2.24, 2.45) is 0 Å². The first-order valence-corrected chi connectivity index (χ1v) is 8.96. The lowest BCUT2D eigenvalue weighted by molar-refractivity contribution is -0.137. The predicted octanol–water partition coefficient (Wildman–Crippen LogP) is 3.73. The molecule has 2 aliphatic heterocycles. The van der Waals surface area contributed by atoms with E-state index in [1.54, 1.807) is 6.07 Å². The molecule has 0 radical (unpaired) electrons. The molecule has 2 nitrogen and oxygen atoms in total. The van der Waals surface area contributed by atoms with Crippen LogP contribution >= 0.6 is 11.8 Å². The SMILES string of the molecule is FC(F)(F)c1ccc(C2CCNCC2)c(N2CCSCC2)c1. The molecule has 0 bridgehead atoms. The Morgan fingerprint density at radius 1 is 1.09 bits per heavy atom. The summed E-state index contributed by atoms with van der Waals surface area (Å²) in [7, 11) is 0. The van der Waals surface area contributed by atoms with Crippen LogP contribution in [0.25, 0.3) is 0 Å². The van der Waals surface area contributed by atoms with Gasteiger partial charge in [0.25, 0.3) is 0 Å². The molecule has 0 unspecified atom stereocenters. The molecule has 0 spiro atoms. The first-order chi connectivity index (χ1) is 10.6. The summed E-state index contributed by atoms with van der Waals surface area (Å²) in [5.74, 6) is 2.34. The van der Waals surface area contributed by atoms with Crippen molar-refractivity contribution >= 4 is 17.4 Å². The average Bonchev–Trinajstić information content (AvgIpc) is 2.55. The van der Waals surface area contributed by atoms with Gasteiger partial charge in [0.1, 0.15) is 0 Å². The van der Waals surface area contributed by atoms with Crippen LogP contribution in [0.2, 0.25) is 0 Å². The summed E-state index contributed by atoms with van der Waals surface area (Å²) in [5, 5.41) is 3.32.